The normalized spacial score (nSPS) is 10.8. The number of hydrogen-bond donors (Lipinski definition) is 2. The lowest BCUT2D eigenvalue weighted by atomic mass is 10.2. The number of nitrogens with two attached hydrogens (primary N) is 1. The van der Waals surface area contributed by atoms with E-state index in [1.165, 1.54) is 18.2 Å². The zero-order valence-electron chi connectivity index (χ0n) is 10.3. The van der Waals surface area contributed by atoms with Crippen LogP contribution in [0.15, 0.2) is 47.4 Å². The molecule has 20 heavy (non-hydrogen) atoms. The number of benzene rings is 2. The molecule has 102 valence electrons. The van der Waals surface area contributed by atoms with Gasteiger partial charge in [0.05, 0.1) is 10.7 Å². The number of halogens is 1. The minimum atomic E-state index is -3.79. The van der Waals surface area contributed by atoms with Crippen LogP contribution in [0.5, 0.6) is 0 Å². The molecule has 4 nitrogen and oxygen atoms in total. The Hall–Kier alpha value is -2.16. The van der Waals surface area contributed by atoms with Crippen molar-refractivity contribution in [2.75, 3.05) is 10.5 Å². The Morgan fingerprint density at radius 3 is 2.60 bits per heavy atom. The molecule has 0 atom stereocenters. The zero-order chi connectivity index (χ0) is 14.8. The Kier molecular flexibility index (Phi) is 3.89. The van der Waals surface area contributed by atoms with Crippen molar-refractivity contribution < 1.29 is 8.42 Å². The lowest BCUT2D eigenvalue weighted by Crippen LogP contribution is -2.13. The predicted molar refractivity (Wildman–Crippen MR) is 81.0 cm³/mol. The summed E-state index contributed by atoms with van der Waals surface area (Å²) in [5.74, 6) is 2.43. The molecule has 0 fully saturated rings. The van der Waals surface area contributed by atoms with E-state index in [0.717, 1.165) is 0 Å². The van der Waals surface area contributed by atoms with Gasteiger partial charge in [-0.1, -0.05) is 23.6 Å². The van der Waals surface area contributed by atoms with Gasteiger partial charge in [-0.05, 0) is 36.4 Å². The summed E-state index contributed by atoms with van der Waals surface area (Å²) in [6.45, 7) is 0. The zero-order valence-corrected chi connectivity index (χ0v) is 11.9. The fourth-order valence-corrected chi connectivity index (χ4v) is 3.22. The molecule has 0 saturated heterocycles. The van der Waals surface area contributed by atoms with Crippen molar-refractivity contribution in [2.45, 2.75) is 4.90 Å². The highest BCUT2D eigenvalue weighted by Gasteiger charge is 2.18. The molecule has 2 aromatic rings. The largest absolute Gasteiger partial charge is 0.399 e. The van der Waals surface area contributed by atoms with Crippen molar-refractivity contribution in [3.8, 4) is 12.3 Å². The molecule has 0 aliphatic heterocycles. The summed E-state index contributed by atoms with van der Waals surface area (Å²) in [4.78, 5) is -0.0422. The monoisotopic (exact) mass is 306 g/mol. The maximum absolute atomic E-state index is 12.2. The average molecular weight is 307 g/mol. The Balaban J connectivity index is 2.38. The van der Waals surface area contributed by atoms with Crippen molar-refractivity contribution in [3.05, 3.63) is 53.1 Å². The van der Waals surface area contributed by atoms with Gasteiger partial charge in [-0.15, -0.1) is 6.42 Å². The standard InChI is InChI=1S/C14H11ClN2O2S/c1-2-10-4-3-5-12(8-10)17-20(18,19)14-7-6-11(16)9-13(14)15/h1,3-9,17H,16H2. The number of nitrogen functional groups attached to an aromatic ring is 1. The smallest absolute Gasteiger partial charge is 0.263 e. The summed E-state index contributed by atoms with van der Waals surface area (Å²) < 4.78 is 26.9. The SMILES string of the molecule is C#Cc1cccc(NS(=O)(=O)c2ccc(N)cc2Cl)c1. The van der Waals surface area contributed by atoms with Crippen molar-refractivity contribution in [1.29, 1.82) is 0 Å². The van der Waals surface area contributed by atoms with Crippen molar-refractivity contribution in [1.82, 2.24) is 0 Å². The van der Waals surface area contributed by atoms with E-state index >= 15 is 0 Å². The van der Waals surface area contributed by atoms with Crippen molar-refractivity contribution in [2.24, 2.45) is 0 Å². The molecule has 0 heterocycles. The lowest BCUT2D eigenvalue weighted by Gasteiger charge is -2.10. The van der Waals surface area contributed by atoms with Crippen LogP contribution in [0.4, 0.5) is 11.4 Å². The maximum Gasteiger partial charge on any atom is 0.263 e. The first-order valence-electron chi connectivity index (χ1n) is 5.57. The highest BCUT2D eigenvalue weighted by molar-refractivity contribution is 7.92. The summed E-state index contributed by atoms with van der Waals surface area (Å²) in [5, 5.41) is 0.0607. The molecular formula is C14H11ClN2O2S. The van der Waals surface area contributed by atoms with Gasteiger partial charge < -0.3 is 5.73 Å². The fourth-order valence-electron chi connectivity index (χ4n) is 1.62. The summed E-state index contributed by atoms with van der Waals surface area (Å²) >= 11 is 5.91. The van der Waals surface area contributed by atoms with Crippen LogP contribution in [0, 0.1) is 12.3 Å². The minimum Gasteiger partial charge on any atom is -0.399 e. The Morgan fingerprint density at radius 2 is 1.95 bits per heavy atom. The van der Waals surface area contributed by atoms with Crippen LogP contribution in [0.1, 0.15) is 5.56 Å². The molecule has 0 aliphatic carbocycles. The Morgan fingerprint density at radius 1 is 1.20 bits per heavy atom. The first kappa shape index (κ1) is 14.3. The molecule has 2 aromatic carbocycles. The number of nitrogens with one attached hydrogen (secondary N) is 1. The summed E-state index contributed by atoms with van der Waals surface area (Å²) in [5.41, 5.74) is 6.88. The van der Waals surface area contributed by atoms with Gasteiger partial charge in [-0.25, -0.2) is 8.42 Å². The minimum absolute atomic E-state index is 0.0422. The molecule has 6 heteroatoms. The van der Waals surface area contributed by atoms with Gasteiger partial charge in [-0.3, -0.25) is 4.72 Å². The number of hydrogen-bond acceptors (Lipinski definition) is 3. The molecule has 0 spiro atoms. The van der Waals surface area contributed by atoms with E-state index < -0.39 is 10.0 Å². The molecule has 0 saturated carbocycles. The van der Waals surface area contributed by atoms with Gasteiger partial charge in [0, 0.05) is 11.3 Å². The van der Waals surface area contributed by atoms with Gasteiger partial charge in [0.2, 0.25) is 0 Å². The highest BCUT2D eigenvalue weighted by Crippen LogP contribution is 2.25. The van der Waals surface area contributed by atoms with Gasteiger partial charge in [-0.2, -0.15) is 0 Å². The van der Waals surface area contributed by atoms with E-state index in [0.29, 0.717) is 16.9 Å². The molecule has 0 radical (unpaired) electrons. The van der Waals surface area contributed by atoms with Crippen LogP contribution in [0.3, 0.4) is 0 Å². The lowest BCUT2D eigenvalue weighted by molar-refractivity contribution is 0.601. The fraction of sp³-hybridized carbons (Fsp3) is 0. The van der Waals surface area contributed by atoms with Crippen LogP contribution >= 0.6 is 11.6 Å². The van der Waals surface area contributed by atoms with Crippen LogP contribution < -0.4 is 10.5 Å². The average Bonchev–Trinajstić information content (AvgIpc) is 2.37. The van der Waals surface area contributed by atoms with E-state index in [4.69, 9.17) is 23.8 Å². The van der Waals surface area contributed by atoms with Crippen LogP contribution in [0.25, 0.3) is 0 Å². The van der Waals surface area contributed by atoms with Crippen LogP contribution in [-0.4, -0.2) is 8.42 Å². The predicted octanol–water partition coefficient (Wildman–Crippen LogP) is 2.70. The molecule has 0 bridgehead atoms. The third-order valence-corrected chi connectivity index (χ3v) is 4.39. The second-order valence-electron chi connectivity index (χ2n) is 4.02. The summed E-state index contributed by atoms with van der Waals surface area (Å²) in [6.07, 6.45) is 5.27. The number of anilines is 2. The van der Waals surface area contributed by atoms with Gasteiger partial charge >= 0.3 is 0 Å². The number of sulfonamides is 1. The topological polar surface area (TPSA) is 72.2 Å². The van der Waals surface area contributed by atoms with Crippen LogP contribution in [-0.2, 0) is 10.0 Å². The van der Waals surface area contributed by atoms with Gasteiger partial charge in [0.15, 0.2) is 0 Å². The van der Waals surface area contributed by atoms with Crippen molar-refractivity contribution in [3.63, 3.8) is 0 Å². The Labute approximate surface area is 122 Å². The quantitative estimate of drug-likeness (QED) is 0.676. The van der Waals surface area contributed by atoms with Crippen molar-refractivity contribution >= 4 is 33.0 Å². The summed E-state index contributed by atoms with van der Waals surface area (Å²) in [7, 11) is -3.79. The molecular weight excluding hydrogens is 296 g/mol. The van der Waals surface area contributed by atoms with E-state index in [1.54, 1.807) is 24.3 Å². The third-order valence-electron chi connectivity index (χ3n) is 2.53. The maximum atomic E-state index is 12.2. The number of rotatable bonds is 3. The van der Waals surface area contributed by atoms with Crippen LogP contribution in [0.2, 0.25) is 5.02 Å². The third kappa shape index (κ3) is 3.05. The molecule has 0 aliphatic rings. The Bertz CT molecular complexity index is 795. The number of terminal acetylenes is 1. The van der Waals surface area contributed by atoms with Gasteiger partial charge in [0.25, 0.3) is 10.0 Å². The van der Waals surface area contributed by atoms with Gasteiger partial charge in [0.1, 0.15) is 4.90 Å². The molecule has 2 rings (SSSR count). The molecule has 0 amide bonds. The second-order valence-corrected chi connectivity index (χ2v) is 6.08. The molecule has 3 N–H and O–H groups in total. The van der Waals surface area contributed by atoms with E-state index in [9.17, 15) is 8.42 Å². The van der Waals surface area contributed by atoms with E-state index in [1.807, 2.05) is 0 Å². The summed E-state index contributed by atoms with van der Waals surface area (Å²) in [6, 6.07) is 10.7. The second kappa shape index (κ2) is 5.45. The van der Waals surface area contributed by atoms with E-state index in [-0.39, 0.29) is 9.92 Å². The molecule has 0 aromatic heterocycles. The first-order valence-corrected chi connectivity index (χ1v) is 7.43. The first-order chi connectivity index (χ1) is 9.42. The van der Waals surface area contributed by atoms with E-state index in [2.05, 4.69) is 10.6 Å². The molecule has 0 unspecified atom stereocenters. The highest BCUT2D eigenvalue weighted by atomic mass is 35.5.